The van der Waals surface area contributed by atoms with E-state index in [1.807, 2.05) is 7.05 Å². The maximum absolute atomic E-state index is 5.49. The lowest BCUT2D eigenvalue weighted by atomic mass is 9.81. The SMILES string of the molecule is CNCC12CNCC1COC2. The van der Waals surface area contributed by atoms with Gasteiger partial charge in [-0.2, -0.15) is 0 Å². The molecule has 0 spiro atoms. The fraction of sp³-hybridized carbons (Fsp3) is 1.00. The highest BCUT2D eigenvalue weighted by atomic mass is 16.5. The van der Waals surface area contributed by atoms with Crippen LogP contribution in [0, 0.1) is 11.3 Å². The Hall–Kier alpha value is -0.120. The van der Waals surface area contributed by atoms with Crippen molar-refractivity contribution < 1.29 is 4.74 Å². The Morgan fingerprint density at radius 1 is 1.73 bits per heavy atom. The summed E-state index contributed by atoms with van der Waals surface area (Å²) < 4.78 is 5.49. The van der Waals surface area contributed by atoms with Crippen molar-refractivity contribution in [1.82, 2.24) is 10.6 Å². The van der Waals surface area contributed by atoms with Gasteiger partial charge >= 0.3 is 0 Å². The molecule has 2 fully saturated rings. The number of nitrogens with one attached hydrogen (secondary N) is 2. The summed E-state index contributed by atoms with van der Waals surface area (Å²) in [5, 5.41) is 6.68. The fourth-order valence-corrected chi connectivity index (χ4v) is 2.28. The molecule has 0 saturated carbocycles. The van der Waals surface area contributed by atoms with Crippen LogP contribution in [0.15, 0.2) is 0 Å². The average Bonchev–Trinajstić information content (AvgIpc) is 2.45. The molecule has 0 aliphatic carbocycles. The van der Waals surface area contributed by atoms with Gasteiger partial charge in [0.15, 0.2) is 0 Å². The minimum absolute atomic E-state index is 0.411. The molecule has 0 aromatic rings. The first-order valence-electron chi connectivity index (χ1n) is 4.30. The van der Waals surface area contributed by atoms with Crippen LogP contribution in [-0.2, 0) is 4.74 Å². The molecule has 11 heavy (non-hydrogen) atoms. The Morgan fingerprint density at radius 2 is 2.64 bits per heavy atom. The zero-order chi connectivity index (χ0) is 7.73. The van der Waals surface area contributed by atoms with E-state index in [1.54, 1.807) is 0 Å². The molecule has 2 heterocycles. The zero-order valence-corrected chi connectivity index (χ0v) is 7.02. The highest BCUT2D eigenvalue weighted by Crippen LogP contribution is 2.36. The van der Waals surface area contributed by atoms with Crippen molar-refractivity contribution in [2.75, 3.05) is 39.9 Å². The number of rotatable bonds is 2. The molecule has 0 bridgehead atoms. The van der Waals surface area contributed by atoms with Crippen molar-refractivity contribution in [1.29, 1.82) is 0 Å². The highest BCUT2D eigenvalue weighted by Gasteiger charge is 2.46. The van der Waals surface area contributed by atoms with E-state index in [4.69, 9.17) is 4.74 Å². The predicted molar refractivity (Wildman–Crippen MR) is 43.5 cm³/mol. The van der Waals surface area contributed by atoms with E-state index in [0.717, 1.165) is 38.8 Å². The summed E-state index contributed by atoms with van der Waals surface area (Å²) in [5.41, 5.74) is 0.411. The molecule has 3 heteroatoms. The summed E-state index contributed by atoms with van der Waals surface area (Å²) in [7, 11) is 2.02. The largest absolute Gasteiger partial charge is 0.380 e. The quantitative estimate of drug-likeness (QED) is 0.562. The average molecular weight is 156 g/mol. The first-order chi connectivity index (χ1) is 5.37. The van der Waals surface area contributed by atoms with E-state index >= 15 is 0 Å². The van der Waals surface area contributed by atoms with Crippen LogP contribution in [0.25, 0.3) is 0 Å². The van der Waals surface area contributed by atoms with E-state index < -0.39 is 0 Å². The van der Waals surface area contributed by atoms with Gasteiger partial charge < -0.3 is 15.4 Å². The number of ether oxygens (including phenoxy) is 1. The first-order valence-corrected chi connectivity index (χ1v) is 4.30. The highest BCUT2D eigenvalue weighted by molar-refractivity contribution is 4.99. The molecule has 0 aromatic carbocycles. The molecule has 2 rings (SSSR count). The van der Waals surface area contributed by atoms with Crippen LogP contribution < -0.4 is 10.6 Å². The molecule has 2 N–H and O–H groups in total. The van der Waals surface area contributed by atoms with E-state index in [-0.39, 0.29) is 0 Å². The number of hydrogen-bond donors (Lipinski definition) is 2. The Kier molecular flexibility index (Phi) is 1.87. The second-order valence-electron chi connectivity index (χ2n) is 3.74. The van der Waals surface area contributed by atoms with Crippen LogP contribution in [0.2, 0.25) is 0 Å². The van der Waals surface area contributed by atoms with Crippen LogP contribution >= 0.6 is 0 Å². The second kappa shape index (κ2) is 2.73. The Bertz CT molecular complexity index is 139. The number of fused-ring (bicyclic) bond motifs is 1. The predicted octanol–water partition coefficient (Wildman–Crippen LogP) is -0.558. The minimum Gasteiger partial charge on any atom is -0.380 e. The van der Waals surface area contributed by atoms with Gasteiger partial charge in [-0.15, -0.1) is 0 Å². The third kappa shape index (κ3) is 1.08. The second-order valence-corrected chi connectivity index (χ2v) is 3.74. The lowest BCUT2D eigenvalue weighted by Crippen LogP contribution is -2.39. The minimum atomic E-state index is 0.411. The lowest BCUT2D eigenvalue weighted by molar-refractivity contribution is 0.152. The van der Waals surface area contributed by atoms with Crippen molar-refractivity contribution in [3.63, 3.8) is 0 Å². The van der Waals surface area contributed by atoms with Gasteiger partial charge in [0.05, 0.1) is 13.2 Å². The number of hydrogen-bond acceptors (Lipinski definition) is 3. The summed E-state index contributed by atoms with van der Waals surface area (Å²) >= 11 is 0. The van der Waals surface area contributed by atoms with Gasteiger partial charge in [-0.25, -0.2) is 0 Å². The molecule has 2 saturated heterocycles. The van der Waals surface area contributed by atoms with Gasteiger partial charge in [-0.1, -0.05) is 0 Å². The van der Waals surface area contributed by atoms with Gasteiger partial charge in [-0.05, 0) is 7.05 Å². The van der Waals surface area contributed by atoms with Crippen molar-refractivity contribution in [2.45, 2.75) is 0 Å². The van der Waals surface area contributed by atoms with E-state index in [2.05, 4.69) is 10.6 Å². The zero-order valence-electron chi connectivity index (χ0n) is 7.02. The molecule has 2 aliphatic heterocycles. The third-order valence-electron chi connectivity index (χ3n) is 2.97. The maximum Gasteiger partial charge on any atom is 0.0551 e. The van der Waals surface area contributed by atoms with Crippen molar-refractivity contribution in [3.8, 4) is 0 Å². The molecule has 2 atom stereocenters. The monoisotopic (exact) mass is 156 g/mol. The molecule has 64 valence electrons. The fourth-order valence-electron chi connectivity index (χ4n) is 2.28. The smallest absolute Gasteiger partial charge is 0.0551 e. The standard InChI is InChI=1S/C8H16N2O/c1-9-4-8-5-10-2-7(8)3-11-6-8/h7,9-10H,2-6H2,1H3. The Labute approximate surface area is 67.5 Å². The van der Waals surface area contributed by atoms with Crippen LogP contribution in [0.5, 0.6) is 0 Å². The molecule has 0 amide bonds. The van der Waals surface area contributed by atoms with Crippen LogP contribution in [0.4, 0.5) is 0 Å². The summed E-state index contributed by atoms with van der Waals surface area (Å²) in [6, 6.07) is 0. The molecule has 0 radical (unpaired) electrons. The van der Waals surface area contributed by atoms with Crippen molar-refractivity contribution >= 4 is 0 Å². The molecule has 2 unspecified atom stereocenters. The van der Waals surface area contributed by atoms with Crippen molar-refractivity contribution in [2.24, 2.45) is 11.3 Å². The first kappa shape index (κ1) is 7.53. The Morgan fingerprint density at radius 3 is 3.45 bits per heavy atom. The normalized spacial score (nSPS) is 42.8. The molecule has 0 aromatic heterocycles. The van der Waals surface area contributed by atoms with Gasteiger partial charge in [0, 0.05) is 31.0 Å². The maximum atomic E-state index is 5.49. The summed E-state index contributed by atoms with van der Waals surface area (Å²) in [5.74, 6) is 0.745. The third-order valence-corrected chi connectivity index (χ3v) is 2.97. The molecule has 2 aliphatic rings. The van der Waals surface area contributed by atoms with Gasteiger partial charge in [0.25, 0.3) is 0 Å². The molecular weight excluding hydrogens is 140 g/mol. The summed E-state index contributed by atoms with van der Waals surface area (Å²) in [6.45, 7) is 5.24. The molecule has 3 nitrogen and oxygen atoms in total. The molecular formula is C8H16N2O. The van der Waals surface area contributed by atoms with Gasteiger partial charge in [-0.3, -0.25) is 0 Å². The van der Waals surface area contributed by atoms with E-state index in [9.17, 15) is 0 Å². The van der Waals surface area contributed by atoms with E-state index in [0.29, 0.717) is 5.41 Å². The van der Waals surface area contributed by atoms with Crippen LogP contribution in [0.3, 0.4) is 0 Å². The van der Waals surface area contributed by atoms with Crippen LogP contribution in [0.1, 0.15) is 0 Å². The van der Waals surface area contributed by atoms with Crippen molar-refractivity contribution in [3.05, 3.63) is 0 Å². The van der Waals surface area contributed by atoms with Gasteiger partial charge in [0.2, 0.25) is 0 Å². The lowest BCUT2D eigenvalue weighted by Gasteiger charge is -2.25. The Balaban J connectivity index is 2.07. The van der Waals surface area contributed by atoms with E-state index in [1.165, 1.54) is 0 Å². The van der Waals surface area contributed by atoms with Crippen LogP contribution in [-0.4, -0.2) is 39.9 Å². The topological polar surface area (TPSA) is 33.3 Å². The van der Waals surface area contributed by atoms with Gasteiger partial charge in [0.1, 0.15) is 0 Å². The summed E-state index contributed by atoms with van der Waals surface area (Å²) in [4.78, 5) is 0. The summed E-state index contributed by atoms with van der Waals surface area (Å²) in [6.07, 6.45) is 0.